The van der Waals surface area contributed by atoms with Gasteiger partial charge in [0, 0.05) is 35.4 Å². The molecule has 1 saturated carbocycles. The summed E-state index contributed by atoms with van der Waals surface area (Å²) >= 11 is 6.08. The van der Waals surface area contributed by atoms with Crippen LogP contribution in [-0.4, -0.2) is 30.5 Å². The lowest BCUT2D eigenvalue weighted by atomic mass is 9.84. The van der Waals surface area contributed by atoms with Crippen LogP contribution >= 0.6 is 11.6 Å². The molecule has 0 bridgehead atoms. The zero-order valence-corrected chi connectivity index (χ0v) is 19.9. The van der Waals surface area contributed by atoms with Gasteiger partial charge in [0.05, 0.1) is 11.8 Å². The van der Waals surface area contributed by atoms with Crippen molar-refractivity contribution < 1.29 is 18.3 Å². The molecule has 1 atom stereocenters. The lowest BCUT2D eigenvalue weighted by molar-refractivity contribution is -0.159. The Labute approximate surface area is 198 Å². The molecular formula is C26H29ClF2N2O2. The van der Waals surface area contributed by atoms with Crippen LogP contribution in [-0.2, 0) is 23.1 Å². The molecular weight excluding hydrogens is 446 g/mol. The molecule has 2 heterocycles. The number of ether oxygens (including phenoxy) is 1. The number of carbonyl (C=O) groups is 1. The zero-order chi connectivity index (χ0) is 23.6. The third-order valence-corrected chi connectivity index (χ3v) is 7.39. The SMILES string of the molecule is CC(C)(C)C1Cc2cc(NC(=O)C3(c4ccc5c(c4)OC(F)(F)C5)CC3)ccc2N1CCCl. The summed E-state index contributed by atoms with van der Waals surface area (Å²) in [5, 5.41) is 3.08. The minimum absolute atomic E-state index is 0.0962. The molecule has 1 fully saturated rings. The van der Waals surface area contributed by atoms with E-state index in [1.165, 1.54) is 11.3 Å². The molecule has 0 spiro atoms. The molecule has 5 rings (SSSR count). The van der Waals surface area contributed by atoms with Crippen LogP contribution in [0.25, 0.3) is 0 Å². The van der Waals surface area contributed by atoms with E-state index in [2.05, 4.69) is 43.1 Å². The van der Waals surface area contributed by atoms with Crippen molar-refractivity contribution in [1.29, 1.82) is 0 Å². The molecule has 0 aromatic heterocycles. The van der Waals surface area contributed by atoms with Gasteiger partial charge in [-0.15, -0.1) is 11.6 Å². The third-order valence-electron chi connectivity index (χ3n) is 7.22. The topological polar surface area (TPSA) is 41.6 Å². The lowest BCUT2D eigenvalue weighted by Crippen LogP contribution is -2.42. The van der Waals surface area contributed by atoms with Gasteiger partial charge < -0.3 is 15.0 Å². The normalized spacial score (nSPS) is 21.9. The van der Waals surface area contributed by atoms with E-state index in [0.29, 0.717) is 30.3 Å². The van der Waals surface area contributed by atoms with E-state index in [0.717, 1.165) is 24.2 Å². The largest absolute Gasteiger partial charge is 0.432 e. The number of fused-ring (bicyclic) bond motifs is 2. The van der Waals surface area contributed by atoms with E-state index in [4.69, 9.17) is 16.3 Å². The first kappa shape index (κ1) is 22.5. The van der Waals surface area contributed by atoms with E-state index in [-0.39, 0.29) is 17.1 Å². The van der Waals surface area contributed by atoms with Crippen molar-refractivity contribution in [2.24, 2.45) is 5.41 Å². The molecule has 1 amide bonds. The number of rotatable bonds is 5. The summed E-state index contributed by atoms with van der Waals surface area (Å²) in [7, 11) is 0. The van der Waals surface area contributed by atoms with Gasteiger partial charge in [-0.25, -0.2) is 0 Å². The molecule has 3 aliphatic rings. The molecule has 2 aromatic carbocycles. The standard InChI is InChI=1S/C26H29ClF2N2O2/c1-24(2,3)22-13-17-12-19(6-7-20(17)31(22)11-10-27)30-23(32)25(8-9-25)18-5-4-16-15-26(28,29)33-21(16)14-18/h4-7,12,14,22H,8-11,13,15H2,1-3H3,(H,30,32). The summed E-state index contributed by atoms with van der Waals surface area (Å²) < 4.78 is 32.0. The molecule has 0 saturated heterocycles. The second kappa shape index (κ2) is 7.59. The second-order valence-corrected chi connectivity index (χ2v) is 11.0. The van der Waals surface area contributed by atoms with Crippen LogP contribution in [0, 0.1) is 5.41 Å². The van der Waals surface area contributed by atoms with Crippen LogP contribution in [0.15, 0.2) is 36.4 Å². The fraction of sp³-hybridized carbons (Fsp3) is 0.500. The van der Waals surface area contributed by atoms with Gasteiger partial charge in [-0.3, -0.25) is 4.79 Å². The van der Waals surface area contributed by atoms with Crippen molar-refractivity contribution in [1.82, 2.24) is 0 Å². The van der Waals surface area contributed by atoms with Crippen molar-refractivity contribution in [3.63, 3.8) is 0 Å². The van der Waals surface area contributed by atoms with Crippen LogP contribution in [0.3, 0.4) is 0 Å². The Morgan fingerprint density at radius 1 is 1.18 bits per heavy atom. The number of nitrogens with one attached hydrogen (secondary N) is 1. The summed E-state index contributed by atoms with van der Waals surface area (Å²) in [5.74, 6) is 0.639. The van der Waals surface area contributed by atoms with Gasteiger partial charge >= 0.3 is 6.11 Å². The first-order valence-corrected chi connectivity index (χ1v) is 12.0. The minimum Gasteiger partial charge on any atom is -0.432 e. The quantitative estimate of drug-likeness (QED) is 0.548. The summed E-state index contributed by atoms with van der Waals surface area (Å²) in [4.78, 5) is 15.7. The second-order valence-electron chi connectivity index (χ2n) is 10.6. The maximum atomic E-state index is 13.6. The van der Waals surface area contributed by atoms with Crippen LogP contribution in [0.5, 0.6) is 5.75 Å². The highest BCUT2D eigenvalue weighted by molar-refractivity contribution is 6.18. The summed E-state index contributed by atoms with van der Waals surface area (Å²) in [6.07, 6.45) is -1.32. The number of anilines is 2. The van der Waals surface area contributed by atoms with Crippen molar-refractivity contribution in [3.8, 4) is 5.75 Å². The Morgan fingerprint density at radius 2 is 1.94 bits per heavy atom. The molecule has 2 aliphatic heterocycles. The Balaban J connectivity index is 1.36. The van der Waals surface area contributed by atoms with Crippen LogP contribution < -0.4 is 15.0 Å². The monoisotopic (exact) mass is 474 g/mol. The van der Waals surface area contributed by atoms with Crippen molar-refractivity contribution in [2.75, 3.05) is 22.6 Å². The number of nitrogens with zero attached hydrogens (tertiary/aromatic N) is 1. The number of carbonyl (C=O) groups excluding carboxylic acids is 1. The summed E-state index contributed by atoms with van der Waals surface area (Å²) in [6.45, 7) is 7.49. The Hall–Kier alpha value is -2.34. The third kappa shape index (κ3) is 3.96. The van der Waals surface area contributed by atoms with Crippen LogP contribution in [0.4, 0.5) is 20.2 Å². The highest BCUT2D eigenvalue weighted by Crippen LogP contribution is 2.51. The van der Waals surface area contributed by atoms with Crippen molar-refractivity contribution in [3.05, 3.63) is 53.1 Å². The zero-order valence-electron chi connectivity index (χ0n) is 19.2. The molecule has 7 heteroatoms. The van der Waals surface area contributed by atoms with E-state index in [1.807, 2.05) is 6.07 Å². The molecule has 33 heavy (non-hydrogen) atoms. The fourth-order valence-electron chi connectivity index (χ4n) is 5.27. The van der Waals surface area contributed by atoms with E-state index >= 15 is 0 Å². The minimum atomic E-state index is -3.17. The van der Waals surface area contributed by atoms with Gasteiger partial charge in [0.1, 0.15) is 5.75 Å². The Bertz CT molecular complexity index is 1110. The van der Waals surface area contributed by atoms with Crippen LogP contribution in [0.2, 0.25) is 0 Å². The fourth-order valence-corrected chi connectivity index (χ4v) is 5.45. The molecule has 0 radical (unpaired) electrons. The molecule has 1 N–H and O–H groups in total. The highest BCUT2D eigenvalue weighted by atomic mass is 35.5. The molecule has 1 unspecified atom stereocenters. The predicted molar refractivity (Wildman–Crippen MR) is 127 cm³/mol. The number of hydrogen-bond donors (Lipinski definition) is 1. The number of hydrogen-bond acceptors (Lipinski definition) is 3. The summed E-state index contributed by atoms with van der Waals surface area (Å²) in [6, 6.07) is 11.5. The van der Waals surface area contributed by atoms with E-state index in [1.54, 1.807) is 18.2 Å². The number of amides is 1. The average molecular weight is 475 g/mol. The van der Waals surface area contributed by atoms with Gasteiger partial charge in [-0.2, -0.15) is 8.78 Å². The van der Waals surface area contributed by atoms with Crippen molar-refractivity contribution >= 4 is 28.9 Å². The number of halogens is 3. The average Bonchev–Trinajstić information content (AvgIpc) is 3.37. The molecule has 1 aliphatic carbocycles. The lowest BCUT2D eigenvalue weighted by Gasteiger charge is -2.36. The smallest absolute Gasteiger partial charge is 0.402 e. The number of alkyl halides is 3. The van der Waals surface area contributed by atoms with Gasteiger partial charge in [0.15, 0.2) is 0 Å². The highest BCUT2D eigenvalue weighted by Gasteiger charge is 2.52. The number of benzene rings is 2. The van der Waals surface area contributed by atoms with Gasteiger partial charge in [-0.1, -0.05) is 32.9 Å². The van der Waals surface area contributed by atoms with Gasteiger partial charge in [0.2, 0.25) is 5.91 Å². The van der Waals surface area contributed by atoms with E-state index in [9.17, 15) is 13.6 Å². The molecule has 2 aromatic rings. The van der Waals surface area contributed by atoms with Crippen molar-refractivity contribution in [2.45, 2.75) is 64.0 Å². The Morgan fingerprint density at radius 3 is 2.61 bits per heavy atom. The molecule has 176 valence electrons. The maximum Gasteiger partial charge on any atom is 0.402 e. The molecule has 4 nitrogen and oxygen atoms in total. The van der Waals surface area contributed by atoms with E-state index < -0.39 is 17.9 Å². The summed E-state index contributed by atoms with van der Waals surface area (Å²) in [5.41, 5.74) is 3.76. The first-order valence-electron chi connectivity index (χ1n) is 11.5. The predicted octanol–water partition coefficient (Wildman–Crippen LogP) is 5.90. The first-order chi connectivity index (χ1) is 15.5. The van der Waals surface area contributed by atoms with Crippen LogP contribution in [0.1, 0.15) is 50.3 Å². The Kier molecular flexibility index (Phi) is 5.16. The maximum absolute atomic E-state index is 13.6. The van der Waals surface area contributed by atoms with Gasteiger partial charge in [-0.05, 0) is 60.1 Å². The van der Waals surface area contributed by atoms with Gasteiger partial charge in [0.25, 0.3) is 0 Å².